The number of carbonyl (C=O) groups excluding carboxylic acids is 2. The van der Waals surface area contributed by atoms with Crippen LogP contribution in [0.1, 0.15) is 50.1 Å². The third kappa shape index (κ3) is 5.00. The second-order valence-corrected chi connectivity index (χ2v) is 10.8. The highest BCUT2D eigenvalue weighted by Gasteiger charge is 2.34. The first-order chi connectivity index (χ1) is 18.4. The number of benzene rings is 3. The van der Waals surface area contributed by atoms with Crippen LogP contribution in [0.4, 0.5) is 11.4 Å². The second kappa shape index (κ2) is 10.3. The number of sulfonamides is 1. The molecular weight excluding hydrogens is 524 g/mol. The molecule has 10 nitrogen and oxygen atoms in total. The largest absolute Gasteiger partial charge is 0.462 e. The highest BCUT2D eigenvalue weighted by molar-refractivity contribution is 7.93. The lowest BCUT2D eigenvalue weighted by Crippen LogP contribution is -2.37. The van der Waals surface area contributed by atoms with E-state index in [1.165, 1.54) is 36.4 Å². The van der Waals surface area contributed by atoms with E-state index in [0.717, 1.165) is 17.7 Å². The van der Waals surface area contributed by atoms with Crippen molar-refractivity contribution in [2.24, 2.45) is 0 Å². The Morgan fingerprint density at radius 3 is 2.21 bits per heavy atom. The van der Waals surface area contributed by atoms with Crippen molar-refractivity contribution in [2.45, 2.75) is 39.5 Å². The number of rotatable bonds is 7. The van der Waals surface area contributed by atoms with Gasteiger partial charge in [-0.15, -0.1) is 0 Å². The number of anilines is 1. The van der Waals surface area contributed by atoms with Crippen LogP contribution in [0.5, 0.6) is 0 Å². The van der Waals surface area contributed by atoms with Gasteiger partial charge in [-0.3, -0.25) is 14.9 Å². The van der Waals surface area contributed by atoms with Crippen molar-refractivity contribution in [2.75, 3.05) is 10.9 Å². The number of hydrogen-bond acceptors (Lipinski definition) is 8. The number of esters is 1. The molecule has 39 heavy (non-hydrogen) atoms. The Bertz CT molecular complexity index is 1740. The number of fused-ring (bicyclic) bond motifs is 1. The van der Waals surface area contributed by atoms with Crippen molar-refractivity contribution in [3.8, 4) is 0 Å². The molecule has 0 saturated heterocycles. The first kappa shape index (κ1) is 27.5. The predicted octanol–water partition coefficient (Wildman–Crippen LogP) is 5.79. The van der Waals surface area contributed by atoms with E-state index >= 15 is 0 Å². The molecule has 1 aromatic heterocycles. The summed E-state index contributed by atoms with van der Waals surface area (Å²) in [6, 6.07) is 12.1. The van der Waals surface area contributed by atoms with E-state index in [1.54, 1.807) is 33.8 Å². The van der Waals surface area contributed by atoms with E-state index < -0.39 is 26.8 Å². The van der Waals surface area contributed by atoms with Crippen LogP contribution < -0.4 is 4.31 Å². The summed E-state index contributed by atoms with van der Waals surface area (Å²) in [5.41, 5.74) is 2.08. The average molecular weight is 551 g/mol. The van der Waals surface area contributed by atoms with Gasteiger partial charge < -0.3 is 9.15 Å². The maximum Gasteiger partial charge on any atom is 0.342 e. The number of furan rings is 1. The number of amides is 1. The number of aryl methyl sites for hydroxylation is 4. The van der Waals surface area contributed by atoms with Gasteiger partial charge >= 0.3 is 5.97 Å². The van der Waals surface area contributed by atoms with Crippen molar-refractivity contribution in [3.05, 3.63) is 98.3 Å². The van der Waals surface area contributed by atoms with Crippen LogP contribution in [0.15, 0.2) is 63.9 Å². The fourth-order valence-corrected chi connectivity index (χ4v) is 6.01. The van der Waals surface area contributed by atoms with Gasteiger partial charge in [-0.2, -0.15) is 4.31 Å². The molecule has 0 saturated carbocycles. The molecule has 11 heteroatoms. The smallest absolute Gasteiger partial charge is 0.342 e. The minimum atomic E-state index is -4.50. The molecule has 0 spiro atoms. The molecule has 0 radical (unpaired) electrons. The molecule has 0 aliphatic carbocycles. The summed E-state index contributed by atoms with van der Waals surface area (Å²) in [6.07, 6.45) is 0. The molecule has 0 unspecified atom stereocenters. The molecule has 1 amide bonds. The SMILES string of the molecule is CCOC(=O)c1c(C)oc2ccc(N(C(=O)c3ccc([N+](=O)[O-])cc3)S(=O)(=O)c3cc(C)c(C)cc3C)cc12. The number of nitro groups is 1. The lowest BCUT2D eigenvalue weighted by atomic mass is 10.1. The average Bonchev–Trinajstić information content (AvgIpc) is 3.21. The molecule has 202 valence electrons. The van der Waals surface area contributed by atoms with Gasteiger partial charge in [-0.25, -0.2) is 13.2 Å². The maximum absolute atomic E-state index is 14.2. The summed E-state index contributed by atoms with van der Waals surface area (Å²) in [6.45, 7) is 8.61. The van der Waals surface area contributed by atoms with E-state index in [-0.39, 0.29) is 45.2 Å². The van der Waals surface area contributed by atoms with Crippen LogP contribution in [0.3, 0.4) is 0 Å². The topological polar surface area (TPSA) is 137 Å². The molecule has 4 rings (SSSR count). The number of ether oxygens (including phenoxy) is 1. The Morgan fingerprint density at radius 2 is 1.59 bits per heavy atom. The Labute approximate surface area is 225 Å². The molecule has 0 fully saturated rings. The van der Waals surface area contributed by atoms with Gasteiger partial charge in [0.15, 0.2) is 0 Å². The number of nitro benzene ring substituents is 1. The molecule has 0 aliphatic rings. The first-order valence-electron chi connectivity index (χ1n) is 12.0. The molecule has 3 aromatic carbocycles. The van der Waals surface area contributed by atoms with Crippen LogP contribution in [0, 0.1) is 37.8 Å². The van der Waals surface area contributed by atoms with Gasteiger partial charge in [-0.05, 0) is 87.7 Å². The Hall–Kier alpha value is -4.51. The molecule has 0 atom stereocenters. The molecule has 1 heterocycles. The minimum Gasteiger partial charge on any atom is -0.462 e. The summed E-state index contributed by atoms with van der Waals surface area (Å²) in [5.74, 6) is -1.30. The van der Waals surface area contributed by atoms with Gasteiger partial charge in [0, 0.05) is 23.1 Å². The van der Waals surface area contributed by atoms with E-state index in [0.29, 0.717) is 21.0 Å². The third-order valence-electron chi connectivity index (χ3n) is 6.38. The van der Waals surface area contributed by atoms with Crippen molar-refractivity contribution in [1.29, 1.82) is 0 Å². The minimum absolute atomic E-state index is 0.0465. The molecule has 4 aromatic rings. The summed E-state index contributed by atoms with van der Waals surface area (Å²) in [4.78, 5) is 36.9. The van der Waals surface area contributed by atoms with Gasteiger partial charge in [0.05, 0.1) is 22.1 Å². The van der Waals surface area contributed by atoms with Crippen molar-refractivity contribution < 1.29 is 32.1 Å². The fraction of sp³-hybridized carbons (Fsp3) is 0.214. The zero-order valence-electron chi connectivity index (χ0n) is 22.0. The summed E-state index contributed by atoms with van der Waals surface area (Å²) < 4.78 is 39.8. The quantitative estimate of drug-likeness (QED) is 0.160. The zero-order chi connectivity index (χ0) is 28.6. The van der Waals surface area contributed by atoms with Crippen LogP contribution in [-0.2, 0) is 14.8 Å². The van der Waals surface area contributed by atoms with Crippen molar-refractivity contribution >= 4 is 44.2 Å². The zero-order valence-corrected chi connectivity index (χ0v) is 22.8. The van der Waals surface area contributed by atoms with Gasteiger partial charge in [0.1, 0.15) is 16.9 Å². The Balaban J connectivity index is 1.97. The van der Waals surface area contributed by atoms with Crippen molar-refractivity contribution in [3.63, 3.8) is 0 Å². The highest BCUT2D eigenvalue weighted by atomic mass is 32.2. The van der Waals surface area contributed by atoms with Gasteiger partial charge in [0.25, 0.3) is 21.6 Å². The molecule has 0 aliphatic heterocycles. The van der Waals surface area contributed by atoms with E-state index in [4.69, 9.17) is 9.15 Å². The van der Waals surface area contributed by atoms with E-state index in [2.05, 4.69) is 0 Å². The maximum atomic E-state index is 14.2. The summed E-state index contributed by atoms with van der Waals surface area (Å²) in [5, 5.41) is 11.4. The fourth-order valence-electron chi connectivity index (χ4n) is 4.31. The summed E-state index contributed by atoms with van der Waals surface area (Å²) in [7, 11) is -4.50. The molecule has 0 bridgehead atoms. The normalized spacial score (nSPS) is 11.4. The second-order valence-electron chi connectivity index (χ2n) is 9.01. The van der Waals surface area contributed by atoms with Crippen LogP contribution in [0.2, 0.25) is 0 Å². The van der Waals surface area contributed by atoms with E-state index in [9.17, 15) is 28.1 Å². The monoisotopic (exact) mass is 550 g/mol. The molecular formula is C28H26N2O8S. The van der Waals surface area contributed by atoms with E-state index in [1.807, 2.05) is 6.92 Å². The standard InChI is InChI=1S/C28H26N2O8S/c1-6-37-28(32)26-19(5)38-24-12-11-22(15-23(24)26)29(27(31)20-7-9-21(10-8-20)30(33)34)39(35,36)25-14-17(3)16(2)13-18(25)4/h7-15H,6H2,1-5H3. The lowest BCUT2D eigenvalue weighted by Gasteiger charge is -2.24. The van der Waals surface area contributed by atoms with Crippen LogP contribution in [0.25, 0.3) is 11.0 Å². The predicted molar refractivity (Wildman–Crippen MR) is 145 cm³/mol. The Morgan fingerprint density at radius 1 is 0.949 bits per heavy atom. The highest BCUT2D eigenvalue weighted by Crippen LogP contribution is 2.34. The van der Waals surface area contributed by atoms with Gasteiger partial charge in [0.2, 0.25) is 0 Å². The number of nitrogens with zero attached hydrogens (tertiary/aromatic N) is 2. The number of hydrogen-bond donors (Lipinski definition) is 0. The van der Waals surface area contributed by atoms with Crippen molar-refractivity contribution in [1.82, 2.24) is 0 Å². The Kier molecular flexibility index (Phi) is 7.29. The van der Waals surface area contributed by atoms with Gasteiger partial charge in [-0.1, -0.05) is 6.07 Å². The first-order valence-corrected chi connectivity index (χ1v) is 13.4. The summed E-state index contributed by atoms with van der Waals surface area (Å²) >= 11 is 0. The van der Waals surface area contributed by atoms with Crippen LogP contribution in [-0.4, -0.2) is 31.8 Å². The molecule has 0 N–H and O–H groups in total. The third-order valence-corrected chi connectivity index (χ3v) is 8.23. The van der Waals surface area contributed by atoms with Crippen LogP contribution >= 0.6 is 0 Å². The number of non-ortho nitro benzene ring substituents is 1. The number of carbonyl (C=O) groups is 2. The lowest BCUT2D eigenvalue weighted by molar-refractivity contribution is -0.384.